The molecule has 0 aromatic heterocycles. The van der Waals surface area contributed by atoms with Gasteiger partial charge in [-0.25, -0.2) is 12.8 Å². The molecule has 4 nitrogen and oxygen atoms in total. The highest BCUT2D eigenvalue weighted by Gasteiger charge is 2.28. The van der Waals surface area contributed by atoms with Gasteiger partial charge in [0.05, 0.1) is 4.90 Å². The molecule has 1 heterocycles. The number of sulfonamides is 1. The van der Waals surface area contributed by atoms with Gasteiger partial charge in [0.2, 0.25) is 10.0 Å². The van der Waals surface area contributed by atoms with Crippen LogP contribution in [0.4, 0.5) is 4.39 Å². The first-order chi connectivity index (χ1) is 12.4. The predicted octanol–water partition coefficient (Wildman–Crippen LogP) is 3.46. The second-order valence-corrected chi connectivity index (χ2v) is 8.97. The number of hydrogen-bond acceptors (Lipinski definition) is 3. The Kier molecular flexibility index (Phi) is 5.75. The van der Waals surface area contributed by atoms with Crippen LogP contribution in [0.1, 0.15) is 30.9 Å². The number of hydrogen-bond donors (Lipinski definition) is 0. The number of nitrogens with zero attached hydrogens (tertiary/aromatic N) is 2. The molecular weight excluding hydrogens is 351 g/mol. The molecule has 0 saturated carbocycles. The summed E-state index contributed by atoms with van der Waals surface area (Å²) in [5.74, 6) is 0.134. The van der Waals surface area contributed by atoms with Crippen LogP contribution in [0.5, 0.6) is 0 Å². The van der Waals surface area contributed by atoms with E-state index in [4.69, 9.17) is 0 Å². The van der Waals surface area contributed by atoms with Crippen LogP contribution >= 0.6 is 0 Å². The van der Waals surface area contributed by atoms with Gasteiger partial charge in [-0.3, -0.25) is 4.90 Å². The lowest BCUT2D eigenvalue weighted by Crippen LogP contribution is -2.48. The first-order valence-electron chi connectivity index (χ1n) is 8.93. The molecule has 1 aliphatic rings. The minimum Gasteiger partial charge on any atom is -0.296 e. The van der Waals surface area contributed by atoms with Gasteiger partial charge in [0.25, 0.3) is 0 Å². The zero-order chi connectivity index (χ0) is 18.7. The Hall–Kier alpha value is -1.76. The van der Waals surface area contributed by atoms with Gasteiger partial charge in [-0.05, 0) is 41.3 Å². The summed E-state index contributed by atoms with van der Waals surface area (Å²) in [5.41, 5.74) is 2.17. The lowest BCUT2D eigenvalue weighted by atomic mass is 10.0. The normalized spacial score (nSPS) is 16.9. The summed E-state index contributed by atoms with van der Waals surface area (Å²) >= 11 is 0. The Labute approximate surface area is 155 Å². The maximum absolute atomic E-state index is 13.0. The van der Waals surface area contributed by atoms with Crippen molar-refractivity contribution in [1.82, 2.24) is 9.21 Å². The number of halogens is 1. The van der Waals surface area contributed by atoms with Crippen LogP contribution < -0.4 is 0 Å². The lowest BCUT2D eigenvalue weighted by Gasteiger charge is -2.34. The van der Waals surface area contributed by atoms with Crippen LogP contribution in [0.2, 0.25) is 0 Å². The van der Waals surface area contributed by atoms with Gasteiger partial charge in [0, 0.05) is 32.7 Å². The molecule has 0 atom stereocenters. The van der Waals surface area contributed by atoms with E-state index >= 15 is 0 Å². The van der Waals surface area contributed by atoms with E-state index in [1.54, 1.807) is 28.6 Å². The molecule has 1 fully saturated rings. The summed E-state index contributed by atoms with van der Waals surface area (Å²) < 4.78 is 40.2. The van der Waals surface area contributed by atoms with Crippen molar-refractivity contribution in [2.45, 2.75) is 31.2 Å². The third-order valence-electron chi connectivity index (χ3n) is 4.84. The fourth-order valence-electron chi connectivity index (χ4n) is 3.15. The quantitative estimate of drug-likeness (QED) is 0.802. The van der Waals surface area contributed by atoms with Crippen LogP contribution in [0.15, 0.2) is 53.4 Å². The van der Waals surface area contributed by atoms with Crippen LogP contribution in [0.25, 0.3) is 0 Å². The Morgan fingerprint density at radius 2 is 1.50 bits per heavy atom. The van der Waals surface area contributed by atoms with Crippen molar-refractivity contribution in [3.8, 4) is 0 Å². The predicted molar refractivity (Wildman–Crippen MR) is 101 cm³/mol. The maximum atomic E-state index is 13.0. The van der Waals surface area contributed by atoms with Gasteiger partial charge < -0.3 is 0 Å². The standard InChI is InChI=1S/C20H25FN2O2S/c1-16(2)18-5-9-20(10-6-18)26(24,25)23-13-11-22(12-14-23)15-17-3-7-19(21)8-4-17/h3-10,16H,11-15H2,1-2H3. The van der Waals surface area contributed by atoms with E-state index in [0.717, 1.165) is 11.1 Å². The molecule has 2 aromatic carbocycles. The highest BCUT2D eigenvalue weighted by molar-refractivity contribution is 7.89. The van der Waals surface area contributed by atoms with Crippen molar-refractivity contribution in [2.75, 3.05) is 26.2 Å². The Balaban J connectivity index is 1.62. The number of piperazine rings is 1. The molecule has 1 saturated heterocycles. The average Bonchev–Trinajstić information content (AvgIpc) is 2.64. The van der Waals surface area contributed by atoms with Crippen molar-refractivity contribution in [2.24, 2.45) is 0 Å². The number of benzene rings is 2. The zero-order valence-electron chi connectivity index (χ0n) is 15.2. The second kappa shape index (κ2) is 7.86. The van der Waals surface area contributed by atoms with E-state index < -0.39 is 10.0 Å². The molecular formula is C20H25FN2O2S. The highest BCUT2D eigenvalue weighted by Crippen LogP contribution is 2.21. The van der Waals surface area contributed by atoms with E-state index in [9.17, 15) is 12.8 Å². The third kappa shape index (κ3) is 4.31. The van der Waals surface area contributed by atoms with E-state index in [2.05, 4.69) is 18.7 Å². The highest BCUT2D eigenvalue weighted by atomic mass is 32.2. The van der Waals surface area contributed by atoms with Crippen LogP contribution in [0.3, 0.4) is 0 Å². The van der Waals surface area contributed by atoms with Crippen LogP contribution in [-0.2, 0) is 16.6 Å². The van der Waals surface area contributed by atoms with Gasteiger partial charge >= 0.3 is 0 Å². The minimum atomic E-state index is -3.45. The first kappa shape index (κ1) is 19.0. The van der Waals surface area contributed by atoms with E-state index in [-0.39, 0.29) is 5.82 Å². The zero-order valence-corrected chi connectivity index (χ0v) is 16.0. The molecule has 140 valence electrons. The summed E-state index contributed by atoms with van der Waals surface area (Å²) in [6.45, 7) is 7.15. The van der Waals surface area contributed by atoms with Gasteiger partial charge in [-0.2, -0.15) is 4.31 Å². The Bertz CT molecular complexity index is 825. The minimum absolute atomic E-state index is 0.242. The SMILES string of the molecule is CC(C)c1ccc(S(=O)(=O)N2CCN(Cc3ccc(F)cc3)CC2)cc1. The molecule has 0 radical (unpaired) electrons. The largest absolute Gasteiger partial charge is 0.296 e. The molecule has 0 unspecified atom stereocenters. The van der Waals surface area contributed by atoms with Crippen molar-refractivity contribution in [3.05, 3.63) is 65.5 Å². The van der Waals surface area contributed by atoms with Gasteiger partial charge in [-0.1, -0.05) is 38.1 Å². The molecule has 0 bridgehead atoms. The van der Waals surface area contributed by atoms with E-state index in [1.807, 2.05) is 12.1 Å². The monoisotopic (exact) mass is 376 g/mol. The topological polar surface area (TPSA) is 40.6 Å². The smallest absolute Gasteiger partial charge is 0.243 e. The molecule has 0 aliphatic carbocycles. The molecule has 3 rings (SSSR count). The van der Waals surface area contributed by atoms with Crippen molar-refractivity contribution in [1.29, 1.82) is 0 Å². The van der Waals surface area contributed by atoms with Crippen molar-refractivity contribution < 1.29 is 12.8 Å². The van der Waals surface area contributed by atoms with Crippen LogP contribution in [0, 0.1) is 5.82 Å². The molecule has 2 aromatic rings. The fraction of sp³-hybridized carbons (Fsp3) is 0.400. The van der Waals surface area contributed by atoms with E-state index in [1.165, 1.54) is 12.1 Å². The average molecular weight is 376 g/mol. The number of rotatable bonds is 5. The van der Waals surface area contributed by atoms with Crippen molar-refractivity contribution >= 4 is 10.0 Å². The van der Waals surface area contributed by atoms with Crippen molar-refractivity contribution in [3.63, 3.8) is 0 Å². The lowest BCUT2D eigenvalue weighted by molar-refractivity contribution is 0.181. The molecule has 6 heteroatoms. The molecule has 26 heavy (non-hydrogen) atoms. The maximum Gasteiger partial charge on any atom is 0.243 e. The summed E-state index contributed by atoms with van der Waals surface area (Å²) in [7, 11) is -3.45. The van der Waals surface area contributed by atoms with Gasteiger partial charge in [0.1, 0.15) is 5.82 Å². The second-order valence-electron chi connectivity index (χ2n) is 7.03. The third-order valence-corrected chi connectivity index (χ3v) is 6.75. The van der Waals surface area contributed by atoms with Gasteiger partial charge in [-0.15, -0.1) is 0 Å². The summed E-state index contributed by atoms with van der Waals surface area (Å²) in [4.78, 5) is 2.55. The summed E-state index contributed by atoms with van der Waals surface area (Å²) in [6, 6.07) is 13.6. The first-order valence-corrected chi connectivity index (χ1v) is 10.4. The molecule has 0 spiro atoms. The van der Waals surface area contributed by atoms with Crippen LogP contribution in [-0.4, -0.2) is 43.8 Å². The Morgan fingerprint density at radius 1 is 0.923 bits per heavy atom. The summed E-state index contributed by atoms with van der Waals surface area (Å²) in [5, 5.41) is 0. The molecule has 0 amide bonds. The molecule has 1 aliphatic heterocycles. The van der Waals surface area contributed by atoms with E-state index in [0.29, 0.717) is 43.5 Å². The molecule has 0 N–H and O–H groups in total. The summed E-state index contributed by atoms with van der Waals surface area (Å²) in [6.07, 6.45) is 0. The van der Waals surface area contributed by atoms with Gasteiger partial charge in [0.15, 0.2) is 0 Å². The Morgan fingerprint density at radius 3 is 2.04 bits per heavy atom. The fourth-order valence-corrected chi connectivity index (χ4v) is 4.57.